The van der Waals surface area contributed by atoms with Gasteiger partial charge in [0.15, 0.2) is 18.0 Å². The maximum atomic E-state index is 12.8. The Bertz CT molecular complexity index is 712. The number of ether oxygens (including phenoxy) is 4. The summed E-state index contributed by atoms with van der Waals surface area (Å²) in [5.74, 6) is -8.78. The van der Waals surface area contributed by atoms with E-state index in [0.29, 0.717) is 0 Å². The van der Waals surface area contributed by atoms with Crippen molar-refractivity contribution in [3.05, 3.63) is 0 Å². The van der Waals surface area contributed by atoms with Crippen molar-refractivity contribution in [2.75, 3.05) is 6.61 Å². The summed E-state index contributed by atoms with van der Waals surface area (Å²) in [5, 5.41) is 12.3. The molecule has 5 atom stereocenters. The van der Waals surface area contributed by atoms with Crippen LogP contribution in [0.15, 0.2) is 0 Å². The molecule has 29 heavy (non-hydrogen) atoms. The third-order valence-electron chi connectivity index (χ3n) is 3.85. The Hall–Kier alpha value is -2.41. The zero-order valence-corrected chi connectivity index (χ0v) is 15.2. The van der Waals surface area contributed by atoms with Crippen LogP contribution >= 0.6 is 0 Å². The first-order chi connectivity index (χ1) is 14.8. The summed E-state index contributed by atoms with van der Waals surface area (Å²) in [6, 6.07) is -2.14. The lowest BCUT2D eigenvalue weighted by Crippen LogP contribution is -2.72. The molecule has 1 unspecified atom stereocenters. The van der Waals surface area contributed by atoms with Crippen molar-refractivity contribution < 1.29 is 60.5 Å². The highest BCUT2D eigenvalue weighted by atomic mass is 19.4. The van der Waals surface area contributed by atoms with Gasteiger partial charge in [-0.15, -0.1) is 0 Å². The number of carbonyl (C=O) groups is 4. The number of amides is 1. The number of carbonyl (C=O) groups excluding carboxylic acids is 4. The molecule has 1 saturated heterocycles. The fraction of sp³-hybridized carbons (Fsp3) is 0.750. The van der Waals surface area contributed by atoms with Gasteiger partial charge in [-0.05, 0) is 0 Å². The Kier molecular flexibility index (Phi) is 6.44. The zero-order chi connectivity index (χ0) is 24.7. The number of alkyl halides is 3. The van der Waals surface area contributed by atoms with Gasteiger partial charge >= 0.3 is 30.0 Å². The molecule has 0 radical (unpaired) electrons. The van der Waals surface area contributed by atoms with Crippen LogP contribution in [0.4, 0.5) is 13.2 Å². The Morgan fingerprint density at radius 1 is 1.10 bits per heavy atom. The van der Waals surface area contributed by atoms with Gasteiger partial charge in [0, 0.05) is 31.2 Å². The van der Waals surface area contributed by atoms with E-state index >= 15 is 0 Å². The summed E-state index contributed by atoms with van der Waals surface area (Å²) in [4.78, 5) is 46.4. The predicted molar refractivity (Wildman–Crippen MR) is 85.8 cm³/mol. The van der Waals surface area contributed by atoms with Crippen LogP contribution in [0, 0.1) is 0 Å². The lowest BCUT2D eigenvalue weighted by Gasteiger charge is -2.49. The van der Waals surface area contributed by atoms with Crippen LogP contribution in [0.1, 0.15) is 38.2 Å². The van der Waals surface area contributed by atoms with E-state index in [9.17, 15) is 37.5 Å². The normalized spacial score (nSPS) is 30.9. The number of hydrogen-bond acceptors (Lipinski definition) is 9. The summed E-state index contributed by atoms with van der Waals surface area (Å²) in [6.45, 7) is -2.33. The first kappa shape index (κ1) is 19.9. The Morgan fingerprint density at radius 3 is 2.14 bits per heavy atom. The molecular formula is C16H22F3NO9. The summed E-state index contributed by atoms with van der Waals surface area (Å²) in [6.07, 6.45) is -11.4. The number of nitrogens with one attached hydrogen (secondary N) is 1. The van der Waals surface area contributed by atoms with Gasteiger partial charge in [0.2, 0.25) is 0 Å². The van der Waals surface area contributed by atoms with Crippen LogP contribution in [0.2, 0.25) is 0 Å². The largest absolute Gasteiger partial charge is 0.471 e. The summed E-state index contributed by atoms with van der Waals surface area (Å²) >= 11 is 0. The predicted octanol–water partition coefficient (Wildman–Crippen LogP) is -0.0426. The lowest BCUT2D eigenvalue weighted by atomic mass is 9.88. The molecule has 0 aliphatic carbocycles. The maximum Gasteiger partial charge on any atom is 0.471 e. The van der Waals surface area contributed by atoms with Crippen LogP contribution < -0.4 is 5.32 Å². The van der Waals surface area contributed by atoms with E-state index < -0.39 is 93.9 Å². The second-order valence-electron chi connectivity index (χ2n) is 5.90. The van der Waals surface area contributed by atoms with Crippen molar-refractivity contribution in [2.45, 2.75) is 70.4 Å². The number of aliphatic hydroxyl groups is 1. The molecule has 0 spiro atoms. The van der Waals surface area contributed by atoms with Gasteiger partial charge in [-0.25, -0.2) is 0 Å². The summed E-state index contributed by atoms with van der Waals surface area (Å²) < 4.78 is 79.5. The fourth-order valence-corrected chi connectivity index (χ4v) is 2.67. The number of hydrogen-bond donors (Lipinski definition) is 2. The van der Waals surface area contributed by atoms with Crippen LogP contribution in [0.5, 0.6) is 0 Å². The van der Waals surface area contributed by atoms with Crippen molar-refractivity contribution >= 4 is 23.8 Å². The van der Waals surface area contributed by atoms with Crippen molar-refractivity contribution in [2.24, 2.45) is 0 Å². The molecule has 1 aliphatic rings. The van der Waals surface area contributed by atoms with Gasteiger partial charge in [0.05, 0.1) is 0 Å². The molecule has 166 valence electrons. The molecule has 0 aromatic rings. The highest BCUT2D eigenvalue weighted by Gasteiger charge is 2.58. The van der Waals surface area contributed by atoms with E-state index in [2.05, 4.69) is 0 Å². The van der Waals surface area contributed by atoms with Crippen LogP contribution in [-0.4, -0.2) is 71.8 Å². The van der Waals surface area contributed by atoms with Gasteiger partial charge in [-0.1, -0.05) is 6.92 Å². The fourth-order valence-electron chi connectivity index (χ4n) is 2.67. The van der Waals surface area contributed by atoms with E-state index in [-0.39, 0.29) is 0 Å². The van der Waals surface area contributed by atoms with Crippen molar-refractivity contribution in [1.29, 1.82) is 0 Å². The minimum atomic E-state index is -5.41. The second kappa shape index (κ2) is 9.39. The summed E-state index contributed by atoms with van der Waals surface area (Å²) in [5.41, 5.74) is 0. The van der Waals surface area contributed by atoms with Crippen molar-refractivity contribution in [1.82, 2.24) is 5.32 Å². The topological polar surface area (TPSA) is 137 Å². The molecular weight excluding hydrogens is 407 g/mol. The molecule has 1 fully saturated rings. The van der Waals surface area contributed by atoms with E-state index in [1.165, 1.54) is 12.2 Å². The highest BCUT2D eigenvalue weighted by molar-refractivity contribution is 5.82. The van der Waals surface area contributed by atoms with E-state index in [0.717, 1.165) is 0 Å². The van der Waals surface area contributed by atoms with E-state index in [1.54, 1.807) is 0 Å². The molecule has 0 aromatic heterocycles. The molecule has 13 heteroatoms. The number of esters is 3. The molecule has 0 saturated carbocycles. The van der Waals surface area contributed by atoms with Crippen LogP contribution in [0.25, 0.3) is 0 Å². The van der Waals surface area contributed by atoms with Gasteiger partial charge < -0.3 is 29.4 Å². The standard InChI is InChI=1S/C16H22F3NO9/c1-5-15(25)13(20-14(24)16(17,18)19)12(28-9(4)23)11(27-8(3)22)10(29-15)6-26-7(2)21/h10-13,25H,5-6H2,1-4H3,(H,20,24)/t10-,11+,12+,13-,15?/m1/s1/i2D,3D,4D. The molecule has 1 amide bonds. The quantitative estimate of drug-likeness (QED) is 0.437. The van der Waals surface area contributed by atoms with Crippen LogP contribution in [-0.2, 0) is 38.1 Å². The highest BCUT2D eigenvalue weighted by Crippen LogP contribution is 2.35. The minimum absolute atomic E-state index is 0.479. The second-order valence-corrected chi connectivity index (χ2v) is 5.90. The number of rotatable bonds is 6. The Morgan fingerprint density at radius 2 is 1.66 bits per heavy atom. The SMILES string of the molecule is [2H]CC(=O)OC[C@H]1OC(O)(CC)[C@H](NC(=O)C(F)(F)F)[C@@H](OC(=O)C[2H])[C@H]1OC(=O)C[2H]. The van der Waals surface area contributed by atoms with Gasteiger partial charge in [0.25, 0.3) is 0 Å². The molecule has 1 rings (SSSR count). The summed E-state index contributed by atoms with van der Waals surface area (Å²) in [7, 11) is 0. The van der Waals surface area contributed by atoms with Crippen molar-refractivity contribution in [3.8, 4) is 0 Å². The molecule has 1 aliphatic heterocycles. The van der Waals surface area contributed by atoms with E-state index in [4.69, 9.17) is 23.1 Å². The molecule has 0 bridgehead atoms. The minimum Gasteiger partial charge on any atom is -0.463 e. The van der Waals surface area contributed by atoms with Gasteiger partial charge in [-0.2, -0.15) is 13.2 Å². The molecule has 10 nitrogen and oxygen atoms in total. The molecule has 0 aromatic carbocycles. The smallest absolute Gasteiger partial charge is 0.463 e. The third-order valence-corrected chi connectivity index (χ3v) is 3.85. The van der Waals surface area contributed by atoms with Gasteiger partial charge in [-0.3, -0.25) is 19.2 Å². The zero-order valence-electron chi connectivity index (χ0n) is 18.2. The average Bonchev–Trinajstić information content (AvgIpc) is 2.75. The molecule has 1 heterocycles. The maximum absolute atomic E-state index is 12.8. The van der Waals surface area contributed by atoms with E-state index in [1.807, 2.05) is 0 Å². The average molecular weight is 432 g/mol. The van der Waals surface area contributed by atoms with Crippen LogP contribution in [0.3, 0.4) is 0 Å². The first-order valence-electron chi connectivity index (χ1n) is 10.1. The lowest BCUT2D eigenvalue weighted by molar-refractivity contribution is -0.323. The van der Waals surface area contributed by atoms with Crippen molar-refractivity contribution in [3.63, 3.8) is 0 Å². The van der Waals surface area contributed by atoms with Gasteiger partial charge in [0.1, 0.15) is 18.8 Å². The third kappa shape index (κ3) is 6.56. The Labute approximate surface area is 167 Å². The Balaban J connectivity index is 3.46. The monoisotopic (exact) mass is 432 g/mol. The first-order valence-corrected chi connectivity index (χ1v) is 8.03. The molecule has 2 N–H and O–H groups in total. The number of halogens is 3.